The number of nitrogens with zero attached hydrogens (tertiary/aromatic N) is 2. The highest BCUT2D eigenvalue weighted by atomic mass is 16.4. The molecule has 5 nitrogen and oxygen atoms in total. The number of aromatic nitrogens is 3. The molecule has 2 aromatic heterocycles. The zero-order chi connectivity index (χ0) is 13.2. The third-order valence-electron chi connectivity index (χ3n) is 2.95. The van der Waals surface area contributed by atoms with E-state index in [1.54, 1.807) is 12.4 Å². The maximum atomic E-state index is 10.8. The molecule has 0 aliphatic heterocycles. The van der Waals surface area contributed by atoms with Crippen molar-refractivity contribution in [2.75, 3.05) is 0 Å². The van der Waals surface area contributed by atoms with Crippen LogP contribution in [0.3, 0.4) is 0 Å². The van der Waals surface area contributed by atoms with Crippen LogP contribution in [0, 0.1) is 0 Å². The van der Waals surface area contributed by atoms with Crippen LogP contribution in [0.1, 0.15) is 5.56 Å². The Labute approximate surface area is 108 Å². The van der Waals surface area contributed by atoms with Gasteiger partial charge >= 0.3 is 5.97 Å². The van der Waals surface area contributed by atoms with Crippen LogP contribution in [-0.2, 0) is 11.2 Å². The molecule has 0 saturated heterocycles. The molecule has 0 radical (unpaired) electrons. The molecule has 94 valence electrons. The minimum absolute atomic E-state index is 0.0213. The molecule has 0 atom stereocenters. The van der Waals surface area contributed by atoms with Crippen molar-refractivity contribution in [3.05, 3.63) is 48.3 Å². The Morgan fingerprint density at radius 3 is 3.05 bits per heavy atom. The number of nitrogens with one attached hydrogen (secondary N) is 1. The van der Waals surface area contributed by atoms with E-state index in [-0.39, 0.29) is 6.42 Å². The molecule has 0 spiro atoms. The van der Waals surface area contributed by atoms with Crippen LogP contribution in [0.15, 0.2) is 42.7 Å². The van der Waals surface area contributed by atoms with E-state index in [2.05, 4.69) is 15.2 Å². The average Bonchev–Trinajstić information content (AvgIpc) is 2.86. The summed E-state index contributed by atoms with van der Waals surface area (Å²) in [6.07, 6.45) is 3.45. The number of carboxylic acid groups (broad SMARTS) is 1. The Bertz CT molecular complexity index is 749. The molecule has 0 aliphatic carbocycles. The largest absolute Gasteiger partial charge is 0.481 e. The fraction of sp³-hybridized carbons (Fsp3) is 0.0714. The smallest absolute Gasteiger partial charge is 0.307 e. The molecular formula is C14H11N3O2. The van der Waals surface area contributed by atoms with Crippen molar-refractivity contribution in [1.29, 1.82) is 0 Å². The van der Waals surface area contributed by atoms with E-state index in [1.807, 2.05) is 30.3 Å². The summed E-state index contributed by atoms with van der Waals surface area (Å²) in [6.45, 7) is 0. The first-order valence-corrected chi connectivity index (χ1v) is 5.83. The molecule has 0 aliphatic rings. The summed E-state index contributed by atoms with van der Waals surface area (Å²) >= 11 is 0. The summed E-state index contributed by atoms with van der Waals surface area (Å²) in [5, 5.41) is 16.6. The lowest BCUT2D eigenvalue weighted by atomic mass is 10.0. The number of aliphatic carboxylic acids is 1. The van der Waals surface area contributed by atoms with Gasteiger partial charge in [-0.05, 0) is 22.8 Å². The van der Waals surface area contributed by atoms with Crippen LogP contribution in [-0.4, -0.2) is 26.3 Å². The number of hydrogen-bond acceptors (Lipinski definition) is 3. The van der Waals surface area contributed by atoms with E-state index in [0.29, 0.717) is 0 Å². The number of H-pyrrole nitrogens is 1. The van der Waals surface area contributed by atoms with Gasteiger partial charge in [0.2, 0.25) is 0 Å². The number of hydrogen-bond donors (Lipinski definition) is 2. The lowest BCUT2D eigenvalue weighted by molar-refractivity contribution is -0.136. The van der Waals surface area contributed by atoms with Gasteiger partial charge in [-0.3, -0.25) is 9.89 Å². The van der Waals surface area contributed by atoms with E-state index in [9.17, 15) is 4.79 Å². The maximum Gasteiger partial charge on any atom is 0.307 e. The fourth-order valence-electron chi connectivity index (χ4n) is 2.13. The average molecular weight is 253 g/mol. The predicted molar refractivity (Wildman–Crippen MR) is 70.7 cm³/mol. The van der Waals surface area contributed by atoms with E-state index in [4.69, 9.17) is 5.11 Å². The van der Waals surface area contributed by atoms with Crippen LogP contribution in [0.4, 0.5) is 0 Å². The minimum atomic E-state index is -0.833. The number of benzene rings is 1. The van der Waals surface area contributed by atoms with Crippen LogP contribution in [0.25, 0.3) is 22.2 Å². The second kappa shape index (κ2) is 4.53. The van der Waals surface area contributed by atoms with Crippen molar-refractivity contribution in [3.8, 4) is 11.1 Å². The lowest BCUT2D eigenvalue weighted by Crippen LogP contribution is -1.99. The van der Waals surface area contributed by atoms with Crippen molar-refractivity contribution in [2.45, 2.75) is 6.42 Å². The van der Waals surface area contributed by atoms with E-state index < -0.39 is 5.97 Å². The molecule has 0 fully saturated rings. The molecule has 0 bridgehead atoms. The molecule has 0 saturated carbocycles. The summed E-state index contributed by atoms with van der Waals surface area (Å²) in [6, 6.07) is 9.41. The second-order valence-corrected chi connectivity index (χ2v) is 4.26. The van der Waals surface area contributed by atoms with Gasteiger partial charge in [-0.25, -0.2) is 4.98 Å². The first kappa shape index (κ1) is 11.4. The van der Waals surface area contributed by atoms with Crippen molar-refractivity contribution >= 4 is 17.0 Å². The van der Waals surface area contributed by atoms with Gasteiger partial charge in [0, 0.05) is 11.6 Å². The molecule has 3 rings (SSSR count). The predicted octanol–water partition coefficient (Wildman–Crippen LogP) is 2.25. The highest BCUT2D eigenvalue weighted by Gasteiger charge is 2.07. The SMILES string of the molecule is O=C(O)Cc1cccc(-c2ccnc3[nH]ncc23)c1. The van der Waals surface area contributed by atoms with Gasteiger partial charge < -0.3 is 5.11 Å². The molecule has 1 aromatic carbocycles. The number of fused-ring (bicyclic) bond motifs is 1. The zero-order valence-corrected chi connectivity index (χ0v) is 10.00. The Kier molecular flexibility index (Phi) is 2.72. The standard InChI is InChI=1S/C14H11N3O2/c18-13(19)7-9-2-1-3-10(6-9)11-4-5-15-14-12(11)8-16-17-14/h1-6,8H,7H2,(H,18,19)(H,15,16,17). The first-order chi connectivity index (χ1) is 9.24. The molecule has 0 unspecified atom stereocenters. The van der Waals surface area contributed by atoms with Crippen LogP contribution < -0.4 is 0 Å². The molecule has 2 heterocycles. The monoisotopic (exact) mass is 253 g/mol. The summed E-state index contributed by atoms with van der Waals surface area (Å²) in [7, 11) is 0. The molecule has 2 N–H and O–H groups in total. The van der Waals surface area contributed by atoms with E-state index in [0.717, 1.165) is 27.7 Å². The van der Waals surface area contributed by atoms with Crippen molar-refractivity contribution < 1.29 is 9.90 Å². The Morgan fingerprint density at radius 1 is 1.32 bits per heavy atom. The zero-order valence-electron chi connectivity index (χ0n) is 10.00. The van der Waals surface area contributed by atoms with Gasteiger partial charge in [0.05, 0.1) is 12.6 Å². The van der Waals surface area contributed by atoms with Crippen LogP contribution >= 0.6 is 0 Å². The summed E-state index contributed by atoms with van der Waals surface area (Å²) < 4.78 is 0. The fourth-order valence-corrected chi connectivity index (χ4v) is 2.13. The molecular weight excluding hydrogens is 242 g/mol. The maximum absolute atomic E-state index is 10.8. The quantitative estimate of drug-likeness (QED) is 0.750. The van der Waals surface area contributed by atoms with Gasteiger partial charge in [-0.2, -0.15) is 5.10 Å². The first-order valence-electron chi connectivity index (χ1n) is 5.83. The Balaban J connectivity index is 2.11. The molecule has 5 heteroatoms. The van der Waals surface area contributed by atoms with Crippen LogP contribution in [0.2, 0.25) is 0 Å². The third kappa shape index (κ3) is 2.18. The number of aromatic amines is 1. The van der Waals surface area contributed by atoms with Gasteiger partial charge in [0.15, 0.2) is 5.65 Å². The third-order valence-corrected chi connectivity index (χ3v) is 2.95. The van der Waals surface area contributed by atoms with Gasteiger partial charge in [0.1, 0.15) is 0 Å². The molecule has 0 amide bonds. The van der Waals surface area contributed by atoms with Crippen molar-refractivity contribution in [1.82, 2.24) is 15.2 Å². The Hall–Kier alpha value is -2.69. The number of pyridine rings is 1. The van der Waals surface area contributed by atoms with E-state index >= 15 is 0 Å². The number of rotatable bonds is 3. The minimum Gasteiger partial charge on any atom is -0.481 e. The van der Waals surface area contributed by atoms with Crippen molar-refractivity contribution in [2.24, 2.45) is 0 Å². The molecule has 3 aromatic rings. The van der Waals surface area contributed by atoms with Gasteiger partial charge in [0.25, 0.3) is 0 Å². The lowest BCUT2D eigenvalue weighted by Gasteiger charge is -2.05. The summed E-state index contributed by atoms with van der Waals surface area (Å²) in [5.74, 6) is -0.833. The molecule has 19 heavy (non-hydrogen) atoms. The van der Waals surface area contributed by atoms with Gasteiger partial charge in [-0.15, -0.1) is 0 Å². The Morgan fingerprint density at radius 2 is 2.21 bits per heavy atom. The van der Waals surface area contributed by atoms with E-state index in [1.165, 1.54) is 0 Å². The van der Waals surface area contributed by atoms with Crippen molar-refractivity contribution in [3.63, 3.8) is 0 Å². The van der Waals surface area contributed by atoms with Crippen LogP contribution in [0.5, 0.6) is 0 Å². The second-order valence-electron chi connectivity index (χ2n) is 4.26. The summed E-state index contributed by atoms with van der Waals surface area (Å²) in [4.78, 5) is 14.9. The van der Waals surface area contributed by atoms with Gasteiger partial charge in [-0.1, -0.05) is 24.3 Å². The number of carbonyl (C=O) groups is 1. The normalized spacial score (nSPS) is 10.7. The highest BCUT2D eigenvalue weighted by Crippen LogP contribution is 2.26. The number of carboxylic acids is 1. The topological polar surface area (TPSA) is 78.9 Å². The highest BCUT2D eigenvalue weighted by molar-refractivity contribution is 5.92. The summed E-state index contributed by atoms with van der Waals surface area (Å²) in [5.41, 5.74) is 3.46.